The van der Waals surface area contributed by atoms with Crippen molar-refractivity contribution in [2.45, 2.75) is 13.5 Å². The van der Waals surface area contributed by atoms with E-state index in [0.29, 0.717) is 18.0 Å². The number of carbonyl (C=O) groups excluding carboxylic acids is 3. The second kappa shape index (κ2) is 9.51. The molecule has 2 aromatic carbocycles. The number of carbonyl (C=O) groups is 3. The van der Waals surface area contributed by atoms with Crippen LogP contribution in [0.1, 0.15) is 23.0 Å². The third-order valence-electron chi connectivity index (χ3n) is 4.45. The number of aromatic nitrogens is 1. The lowest BCUT2D eigenvalue weighted by atomic mass is 10.1. The van der Waals surface area contributed by atoms with Crippen LogP contribution in [0.15, 0.2) is 65.2 Å². The SMILES string of the molecule is CC(=O)N(C)Cc1ccccc1NC(=O)CNC(=O)c1cc(-c2ccccc2)on1. The fraction of sp³-hybridized carbons (Fsp3) is 0.182. The molecule has 0 bridgehead atoms. The van der Waals surface area contributed by atoms with Crippen LogP contribution in [0, 0.1) is 0 Å². The van der Waals surface area contributed by atoms with Crippen molar-refractivity contribution in [2.24, 2.45) is 0 Å². The van der Waals surface area contributed by atoms with Crippen molar-refractivity contribution in [3.63, 3.8) is 0 Å². The van der Waals surface area contributed by atoms with Gasteiger partial charge in [0.1, 0.15) is 0 Å². The topological polar surface area (TPSA) is 105 Å². The third-order valence-corrected chi connectivity index (χ3v) is 4.45. The first kappa shape index (κ1) is 20.8. The van der Waals surface area contributed by atoms with Gasteiger partial charge in [-0.1, -0.05) is 53.7 Å². The van der Waals surface area contributed by atoms with Gasteiger partial charge < -0.3 is 20.1 Å². The van der Waals surface area contributed by atoms with E-state index in [2.05, 4.69) is 15.8 Å². The van der Waals surface area contributed by atoms with Crippen molar-refractivity contribution in [3.8, 4) is 11.3 Å². The van der Waals surface area contributed by atoms with E-state index in [1.54, 1.807) is 24.1 Å². The maximum atomic E-state index is 12.3. The van der Waals surface area contributed by atoms with Crippen molar-refractivity contribution >= 4 is 23.4 Å². The van der Waals surface area contributed by atoms with E-state index in [9.17, 15) is 14.4 Å². The minimum absolute atomic E-state index is 0.0779. The zero-order valence-corrected chi connectivity index (χ0v) is 16.7. The Morgan fingerprint density at radius 3 is 2.47 bits per heavy atom. The summed E-state index contributed by atoms with van der Waals surface area (Å²) in [5.74, 6) is -0.520. The van der Waals surface area contributed by atoms with Gasteiger partial charge in [-0.15, -0.1) is 0 Å². The predicted octanol–water partition coefficient (Wildman–Crippen LogP) is 2.69. The monoisotopic (exact) mass is 406 g/mol. The molecule has 3 amide bonds. The zero-order chi connectivity index (χ0) is 21.5. The molecule has 2 N–H and O–H groups in total. The largest absolute Gasteiger partial charge is 0.355 e. The average Bonchev–Trinajstić information content (AvgIpc) is 3.24. The summed E-state index contributed by atoms with van der Waals surface area (Å²) in [5, 5.41) is 9.04. The van der Waals surface area contributed by atoms with E-state index in [4.69, 9.17) is 4.52 Å². The highest BCUT2D eigenvalue weighted by atomic mass is 16.5. The van der Waals surface area contributed by atoms with E-state index >= 15 is 0 Å². The molecule has 0 aliphatic carbocycles. The molecule has 0 unspecified atom stereocenters. The van der Waals surface area contributed by atoms with Gasteiger partial charge in [-0.3, -0.25) is 14.4 Å². The third kappa shape index (κ3) is 5.32. The van der Waals surface area contributed by atoms with Crippen LogP contribution in [0.5, 0.6) is 0 Å². The molecule has 0 saturated carbocycles. The number of hydrogen-bond donors (Lipinski definition) is 2. The lowest BCUT2D eigenvalue weighted by molar-refractivity contribution is -0.128. The highest BCUT2D eigenvalue weighted by Crippen LogP contribution is 2.20. The predicted molar refractivity (Wildman–Crippen MR) is 111 cm³/mol. The normalized spacial score (nSPS) is 10.3. The Balaban J connectivity index is 1.57. The van der Waals surface area contributed by atoms with E-state index < -0.39 is 11.8 Å². The molecule has 154 valence electrons. The molecule has 0 atom stereocenters. The minimum atomic E-state index is -0.513. The number of amides is 3. The quantitative estimate of drug-likeness (QED) is 0.628. The van der Waals surface area contributed by atoms with Crippen molar-refractivity contribution in [3.05, 3.63) is 71.9 Å². The summed E-state index contributed by atoms with van der Waals surface area (Å²) in [6, 6.07) is 18.0. The lowest BCUT2D eigenvalue weighted by Gasteiger charge is -2.18. The van der Waals surface area contributed by atoms with Gasteiger partial charge in [0.25, 0.3) is 5.91 Å². The molecule has 0 spiro atoms. The minimum Gasteiger partial charge on any atom is -0.355 e. The van der Waals surface area contributed by atoms with E-state index in [1.807, 2.05) is 42.5 Å². The molecule has 0 fully saturated rings. The number of hydrogen-bond acceptors (Lipinski definition) is 5. The van der Waals surface area contributed by atoms with Gasteiger partial charge in [-0.25, -0.2) is 0 Å². The van der Waals surface area contributed by atoms with Crippen LogP contribution in [0.25, 0.3) is 11.3 Å². The molecule has 1 aromatic heterocycles. The van der Waals surface area contributed by atoms with Crippen LogP contribution in [-0.4, -0.2) is 41.4 Å². The molecule has 30 heavy (non-hydrogen) atoms. The molecule has 0 aliphatic rings. The fourth-order valence-corrected chi connectivity index (χ4v) is 2.71. The smallest absolute Gasteiger partial charge is 0.273 e. The van der Waals surface area contributed by atoms with Crippen molar-refractivity contribution < 1.29 is 18.9 Å². The van der Waals surface area contributed by atoms with Gasteiger partial charge in [0.2, 0.25) is 11.8 Å². The van der Waals surface area contributed by atoms with E-state index in [-0.39, 0.29) is 18.1 Å². The molecular formula is C22H22N4O4. The Kier molecular flexibility index (Phi) is 6.59. The summed E-state index contributed by atoms with van der Waals surface area (Å²) in [4.78, 5) is 37.6. The lowest BCUT2D eigenvalue weighted by Crippen LogP contribution is -2.33. The molecule has 0 aliphatic heterocycles. The number of nitrogens with zero attached hydrogens (tertiary/aromatic N) is 2. The maximum Gasteiger partial charge on any atom is 0.273 e. The second-order valence-electron chi connectivity index (χ2n) is 6.71. The van der Waals surface area contributed by atoms with Crippen LogP contribution in [0.3, 0.4) is 0 Å². The summed E-state index contributed by atoms with van der Waals surface area (Å²) in [6.07, 6.45) is 0. The Labute approximate surface area is 173 Å². The maximum absolute atomic E-state index is 12.3. The van der Waals surface area contributed by atoms with Gasteiger partial charge >= 0.3 is 0 Å². The molecule has 0 saturated heterocycles. The van der Waals surface area contributed by atoms with Gasteiger partial charge in [0.15, 0.2) is 11.5 Å². The summed E-state index contributed by atoms with van der Waals surface area (Å²) >= 11 is 0. The highest BCUT2D eigenvalue weighted by Gasteiger charge is 2.15. The average molecular weight is 406 g/mol. The number of rotatable bonds is 7. The Hall–Kier alpha value is -3.94. The number of anilines is 1. The molecule has 3 aromatic rings. The summed E-state index contributed by atoms with van der Waals surface area (Å²) < 4.78 is 5.20. The van der Waals surface area contributed by atoms with Gasteiger partial charge in [0.05, 0.1) is 6.54 Å². The van der Waals surface area contributed by atoms with E-state index in [0.717, 1.165) is 11.1 Å². The van der Waals surface area contributed by atoms with Crippen molar-refractivity contribution in [1.29, 1.82) is 0 Å². The van der Waals surface area contributed by atoms with Gasteiger partial charge in [0, 0.05) is 37.8 Å². The Morgan fingerprint density at radius 1 is 1.03 bits per heavy atom. The van der Waals surface area contributed by atoms with Gasteiger partial charge in [-0.2, -0.15) is 0 Å². The first-order valence-electron chi connectivity index (χ1n) is 9.34. The van der Waals surface area contributed by atoms with Gasteiger partial charge in [-0.05, 0) is 11.6 Å². The summed E-state index contributed by atoms with van der Waals surface area (Å²) in [6.45, 7) is 1.60. The van der Waals surface area contributed by atoms with Crippen molar-refractivity contribution in [1.82, 2.24) is 15.4 Å². The molecule has 8 nitrogen and oxygen atoms in total. The standard InChI is InChI=1S/C22H22N4O4/c1-15(27)26(2)14-17-10-6-7-11-18(17)24-21(28)13-23-22(29)19-12-20(30-25-19)16-8-4-3-5-9-16/h3-12H,13-14H2,1-2H3,(H,23,29)(H,24,28). The Bertz CT molecular complexity index is 1050. The first-order chi connectivity index (χ1) is 14.4. The number of benzene rings is 2. The van der Waals surface area contributed by atoms with E-state index in [1.165, 1.54) is 13.0 Å². The highest BCUT2D eigenvalue weighted by molar-refractivity contribution is 5.99. The van der Waals surface area contributed by atoms with Crippen LogP contribution >= 0.6 is 0 Å². The zero-order valence-electron chi connectivity index (χ0n) is 16.7. The summed E-state index contributed by atoms with van der Waals surface area (Å²) in [7, 11) is 1.68. The van der Waals surface area contributed by atoms with Crippen LogP contribution in [0.4, 0.5) is 5.69 Å². The second-order valence-corrected chi connectivity index (χ2v) is 6.71. The van der Waals surface area contributed by atoms with Crippen LogP contribution in [0.2, 0.25) is 0 Å². The van der Waals surface area contributed by atoms with Crippen LogP contribution < -0.4 is 10.6 Å². The van der Waals surface area contributed by atoms with Crippen LogP contribution in [-0.2, 0) is 16.1 Å². The molecule has 0 radical (unpaired) electrons. The summed E-state index contributed by atoms with van der Waals surface area (Å²) in [5.41, 5.74) is 2.26. The first-order valence-corrected chi connectivity index (χ1v) is 9.34. The fourth-order valence-electron chi connectivity index (χ4n) is 2.71. The van der Waals surface area contributed by atoms with Crippen molar-refractivity contribution in [2.75, 3.05) is 18.9 Å². The molecule has 3 rings (SSSR count). The number of nitrogens with one attached hydrogen (secondary N) is 2. The Morgan fingerprint density at radius 2 is 1.73 bits per heavy atom. The molecule has 1 heterocycles. The molecular weight excluding hydrogens is 384 g/mol. The number of para-hydroxylation sites is 1. The molecule has 8 heteroatoms.